The maximum absolute atomic E-state index is 10.8. The average Bonchev–Trinajstić information content (AvgIpc) is 2.37. The Hall–Kier alpha value is -1.78. The van der Waals surface area contributed by atoms with Gasteiger partial charge in [0, 0.05) is 37.1 Å². The molecule has 0 atom stereocenters. The number of hydrogen-bond donors (Lipinski definition) is 2. The molecule has 1 rings (SSSR count). The maximum atomic E-state index is 10.8. The molecule has 5 heteroatoms. The lowest BCUT2D eigenvalue weighted by Crippen LogP contribution is -2.03. The van der Waals surface area contributed by atoms with Crippen LogP contribution >= 0.6 is 0 Å². The molecule has 1 aromatic rings. The molecule has 0 saturated heterocycles. The largest absolute Gasteiger partial charge is 0.388 e. The van der Waals surface area contributed by atoms with Gasteiger partial charge in [-0.1, -0.05) is 26.7 Å². The zero-order valence-corrected chi connectivity index (χ0v) is 11.9. The molecule has 0 amide bonds. The third-order valence-corrected chi connectivity index (χ3v) is 2.95. The van der Waals surface area contributed by atoms with Gasteiger partial charge in [0.25, 0.3) is 5.69 Å². The molecule has 0 saturated carbocycles. The Balaban J connectivity index is 2.53. The molecule has 0 unspecified atom stereocenters. The van der Waals surface area contributed by atoms with E-state index in [0.717, 1.165) is 30.3 Å². The summed E-state index contributed by atoms with van der Waals surface area (Å²) in [6, 6.07) is 4.99. The Morgan fingerprint density at radius 2 is 1.89 bits per heavy atom. The van der Waals surface area contributed by atoms with Gasteiger partial charge in [0.1, 0.15) is 0 Å². The Labute approximate surface area is 114 Å². The lowest BCUT2D eigenvalue weighted by Gasteiger charge is -2.09. The Morgan fingerprint density at radius 1 is 1.21 bits per heavy atom. The molecule has 106 valence electrons. The number of nitro benzene ring substituents is 1. The van der Waals surface area contributed by atoms with Crippen molar-refractivity contribution in [3.63, 3.8) is 0 Å². The van der Waals surface area contributed by atoms with Crippen LogP contribution in [0.15, 0.2) is 18.2 Å². The van der Waals surface area contributed by atoms with Crippen molar-refractivity contribution in [3.05, 3.63) is 28.3 Å². The lowest BCUT2D eigenvalue weighted by atomic mass is 10.1. The van der Waals surface area contributed by atoms with Crippen LogP contribution in [0.1, 0.15) is 33.1 Å². The normalized spacial score (nSPS) is 10.5. The van der Waals surface area contributed by atoms with Crippen molar-refractivity contribution < 1.29 is 4.92 Å². The average molecular weight is 265 g/mol. The Morgan fingerprint density at radius 3 is 2.47 bits per heavy atom. The van der Waals surface area contributed by atoms with E-state index in [1.807, 2.05) is 6.07 Å². The van der Waals surface area contributed by atoms with Crippen LogP contribution in [-0.4, -0.2) is 18.5 Å². The molecular weight excluding hydrogens is 242 g/mol. The van der Waals surface area contributed by atoms with Crippen LogP contribution < -0.4 is 10.6 Å². The van der Waals surface area contributed by atoms with Crippen LogP contribution in [-0.2, 0) is 0 Å². The van der Waals surface area contributed by atoms with Crippen molar-refractivity contribution in [3.8, 4) is 0 Å². The van der Waals surface area contributed by atoms with Crippen LogP contribution in [0.2, 0.25) is 0 Å². The number of benzene rings is 1. The summed E-state index contributed by atoms with van der Waals surface area (Å²) in [6.45, 7) is 5.28. The molecule has 0 bridgehead atoms. The molecule has 0 heterocycles. The van der Waals surface area contributed by atoms with E-state index in [1.54, 1.807) is 13.1 Å². The minimum Gasteiger partial charge on any atom is -0.388 e. The number of nitrogens with zero attached hydrogens (tertiary/aromatic N) is 1. The van der Waals surface area contributed by atoms with Crippen LogP contribution in [0.4, 0.5) is 17.1 Å². The van der Waals surface area contributed by atoms with E-state index in [0.29, 0.717) is 0 Å². The van der Waals surface area contributed by atoms with Gasteiger partial charge in [-0.05, 0) is 18.4 Å². The van der Waals surface area contributed by atoms with Gasteiger partial charge in [-0.3, -0.25) is 10.1 Å². The first kappa shape index (κ1) is 15.3. The van der Waals surface area contributed by atoms with E-state index < -0.39 is 0 Å². The number of anilines is 2. The highest BCUT2D eigenvalue weighted by Gasteiger charge is 2.08. The number of unbranched alkanes of at least 4 members (excludes halogenated alkanes) is 1. The first-order chi connectivity index (χ1) is 9.02. The summed E-state index contributed by atoms with van der Waals surface area (Å²) in [5.74, 6) is 0.730. The molecule has 0 radical (unpaired) electrons. The number of nitrogens with one attached hydrogen (secondary N) is 2. The molecule has 0 aliphatic rings. The fourth-order valence-corrected chi connectivity index (χ4v) is 1.87. The summed E-state index contributed by atoms with van der Waals surface area (Å²) >= 11 is 0. The van der Waals surface area contributed by atoms with Crippen molar-refractivity contribution >= 4 is 17.1 Å². The van der Waals surface area contributed by atoms with Gasteiger partial charge in [0.2, 0.25) is 0 Å². The minimum absolute atomic E-state index is 0.108. The smallest absolute Gasteiger partial charge is 0.273 e. The highest BCUT2D eigenvalue weighted by atomic mass is 16.6. The Bertz CT molecular complexity index is 419. The van der Waals surface area contributed by atoms with Gasteiger partial charge in [-0.15, -0.1) is 0 Å². The second-order valence-electron chi connectivity index (χ2n) is 5.09. The van der Waals surface area contributed by atoms with Crippen LogP contribution in [0.25, 0.3) is 0 Å². The van der Waals surface area contributed by atoms with Gasteiger partial charge >= 0.3 is 0 Å². The summed E-state index contributed by atoms with van der Waals surface area (Å²) in [5.41, 5.74) is 1.65. The van der Waals surface area contributed by atoms with E-state index in [1.165, 1.54) is 18.9 Å². The molecule has 0 aliphatic carbocycles. The van der Waals surface area contributed by atoms with E-state index in [4.69, 9.17) is 0 Å². The van der Waals surface area contributed by atoms with Crippen LogP contribution in [0, 0.1) is 16.0 Å². The fraction of sp³-hybridized carbons (Fsp3) is 0.571. The van der Waals surface area contributed by atoms with Crippen molar-refractivity contribution in [1.29, 1.82) is 0 Å². The lowest BCUT2D eigenvalue weighted by molar-refractivity contribution is -0.384. The van der Waals surface area contributed by atoms with Crippen molar-refractivity contribution in [2.24, 2.45) is 5.92 Å². The zero-order valence-electron chi connectivity index (χ0n) is 11.9. The molecule has 0 fully saturated rings. The van der Waals surface area contributed by atoms with Gasteiger partial charge < -0.3 is 10.6 Å². The third-order valence-electron chi connectivity index (χ3n) is 2.95. The van der Waals surface area contributed by atoms with Crippen LogP contribution in [0.5, 0.6) is 0 Å². The third kappa shape index (κ3) is 5.59. The second-order valence-corrected chi connectivity index (χ2v) is 5.09. The molecule has 1 aromatic carbocycles. The molecule has 0 aliphatic heterocycles. The first-order valence-corrected chi connectivity index (χ1v) is 6.74. The van der Waals surface area contributed by atoms with Gasteiger partial charge in [-0.2, -0.15) is 0 Å². The molecule has 2 N–H and O–H groups in total. The Kier molecular flexibility index (Phi) is 6.12. The monoisotopic (exact) mass is 265 g/mol. The fourth-order valence-electron chi connectivity index (χ4n) is 1.87. The molecule has 0 aromatic heterocycles. The predicted molar refractivity (Wildman–Crippen MR) is 79.8 cm³/mol. The van der Waals surface area contributed by atoms with Crippen molar-refractivity contribution in [1.82, 2.24) is 0 Å². The molecule has 19 heavy (non-hydrogen) atoms. The SMILES string of the molecule is CNc1cc(NCCCCC(C)C)cc([N+](=O)[O-])c1. The predicted octanol–water partition coefficient (Wildman–Crippen LogP) is 3.87. The summed E-state index contributed by atoms with van der Waals surface area (Å²) in [4.78, 5) is 10.5. The highest BCUT2D eigenvalue weighted by molar-refractivity contribution is 5.63. The number of non-ortho nitro benzene ring substituents is 1. The van der Waals surface area contributed by atoms with Crippen molar-refractivity contribution in [2.45, 2.75) is 33.1 Å². The molecule has 5 nitrogen and oxygen atoms in total. The van der Waals surface area contributed by atoms with Gasteiger partial charge in [-0.25, -0.2) is 0 Å². The number of rotatable bonds is 8. The maximum Gasteiger partial charge on any atom is 0.273 e. The van der Waals surface area contributed by atoms with E-state index >= 15 is 0 Å². The van der Waals surface area contributed by atoms with E-state index in [-0.39, 0.29) is 10.6 Å². The quantitative estimate of drug-likeness (QED) is 0.425. The van der Waals surface area contributed by atoms with E-state index in [9.17, 15) is 10.1 Å². The number of hydrogen-bond acceptors (Lipinski definition) is 4. The van der Waals surface area contributed by atoms with E-state index in [2.05, 4.69) is 24.5 Å². The summed E-state index contributed by atoms with van der Waals surface area (Å²) in [6.07, 6.45) is 3.48. The van der Waals surface area contributed by atoms with Crippen molar-refractivity contribution in [2.75, 3.05) is 24.2 Å². The molecular formula is C14H23N3O2. The summed E-state index contributed by atoms with van der Waals surface area (Å²) < 4.78 is 0. The summed E-state index contributed by atoms with van der Waals surface area (Å²) in [7, 11) is 1.76. The van der Waals surface area contributed by atoms with Gasteiger partial charge in [0.05, 0.1) is 4.92 Å². The van der Waals surface area contributed by atoms with Crippen LogP contribution in [0.3, 0.4) is 0 Å². The summed E-state index contributed by atoms with van der Waals surface area (Å²) in [5, 5.41) is 17.0. The molecule has 0 spiro atoms. The topological polar surface area (TPSA) is 67.2 Å². The number of nitro groups is 1. The second kappa shape index (κ2) is 7.61. The minimum atomic E-state index is -0.370. The van der Waals surface area contributed by atoms with Gasteiger partial charge in [0.15, 0.2) is 0 Å². The standard InChI is InChI=1S/C14H23N3O2/c1-11(2)6-4-5-7-16-13-8-12(15-3)9-14(10-13)17(18)19/h8-11,15-16H,4-7H2,1-3H3. The zero-order chi connectivity index (χ0) is 14.3. The first-order valence-electron chi connectivity index (χ1n) is 6.74. The highest BCUT2D eigenvalue weighted by Crippen LogP contribution is 2.24.